The molecule has 1 aromatic heterocycles. The second-order valence-electron chi connectivity index (χ2n) is 7.19. The van der Waals surface area contributed by atoms with E-state index in [2.05, 4.69) is 22.5 Å². The molecule has 0 aliphatic carbocycles. The third-order valence-electron chi connectivity index (χ3n) is 5.18. The zero-order chi connectivity index (χ0) is 19.7. The smallest absolute Gasteiger partial charge is 0.253 e. The molecule has 0 radical (unpaired) electrons. The summed E-state index contributed by atoms with van der Waals surface area (Å²) in [6, 6.07) is 18.0. The van der Waals surface area contributed by atoms with Gasteiger partial charge in [0.2, 0.25) is 0 Å². The third-order valence-corrected chi connectivity index (χ3v) is 5.73. The number of nitrogens with one attached hydrogen (secondary N) is 1. The van der Waals surface area contributed by atoms with E-state index in [1.807, 2.05) is 65.9 Å². The Labute approximate surface area is 169 Å². The third kappa shape index (κ3) is 3.62. The Morgan fingerprint density at radius 3 is 2.46 bits per heavy atom. The lowest BCUT2D eigenvalue weighted by atomic mass is 10.2. The van der Waals surface area contributed by atoms with Crippen LogP contribution in [0.3, 0.4) is 0 Å². The SMILES string of the molecule is Cc1nn(-c2ccc(C(=O)N3CCC(Nc4ccccc4)C3)cc2)c(C)c1Cl. The number of aryl methyl sites for hydroxylation is 1. The van der Waals surface area contributed by atoms with Crippen molar-refractivity contribution in [2.45, 2.75) is 26.3 Å². The standard InChI is InChI=1S/C22H23ClN4O/c1-15-21(23)16(2)27(25-15)20-10-8-17(9-11-20)22(28)26-13-12-19(14-26)24-18-6-4-3-5-7-18/h3-11,19,24H,12-14H2,1-2H3. The van der Waals surface area contributed by atoms with Gasteiger partial charge in [0, 0.05) is 30.4 Å². The summed E-state index contributed by atoms with van der Waals surface area (Å²) >= 11 is 6.24. The number of nitrogens with zero attached hydrogens (tertiary/aromatic N) is 3. The van der Waals surface area contributed by atoms with Crippen LogP contribution in [0.1, 0.15) is 28.2 Å². The normalized spacial score (nSPS) is 16.4. The lowest BCUT2D eigenvalue weighted by Crippen LogP contribution is -2.31. The largest absolute Gasteiger partial charge is 0.380 e. The molecule has 144 valence electrons. The van der Waals surface area contributed by atoms with Crippen LogP contribution in [0.5, 0.6) is 0 Å². The van der Waals surface area contributed by atoms with Crippen LogP contribution >= 0.6 is 11.6 Å². The summed E-state index contributed by atoms with van der Waals surface area (Å²) in [5.74, 6) is 0.0651. The fourth-order valence-corrected chi connectivity index (χ4v) is 3.75. The van der Waals surface area contributed by atoms with Crippen molar-refractivity contribution in [3.63, 3.8) is 0 Å². The van der Waals surface area contributed by atoms with Gasteiger partial charge in [0.25, 0.3) is 5.91 Å². The Balaban J connectivity index is 1.43. The molecule has 6 heteroatoms. The molecule has 0 spiro atoms. The topological polar surface area (TPSA) is 50.2 Å². The molecule has 5 nitrogen and oxygen atoms in total. The highest BCUT2D eigenvalue weighted by Gasteiger charge is 2.27. The van der Waals surface area contributed by atoms with Crippen molar-refractivity contribution in [1.82, 2.24) is 14.7 Å². The fourth-order valence-electron chi connectivity index (χ4n) is 3.64. The second-order valence-corrected chi connectivity index (χ2v) is 7.57. The van der Waals surface area contributed by atoms with E-state index in [1.54, 1.807) is 0 Å². The summed E-state index contributed by atoms with van der Waals surface area (Å²) in [5.41, 5.74) is 4.38. The van der Waals surface area contributed by atoms with Gasteiger partial charge in [0.05, 0.1) is 22.1 Å². The first-order valence-corrected chi connectivity index (χ1v) is 9.84. The minimum Gasteiger partial charge on any atom is -0.380 e. The quantitative estimate of drug-likeness (QED) is 0.710. The van der Waals surface area contributed by atoms with Gasteiger partial charge in [0.15, 0.2) is 0 Å². The second kappa shape index (κ2) is 7.68. The molecule has 1 aliphatic rings. The van der Waals surface area contributed by atoms with Gasteiger partial charge in [-0.05, 0) is 56.7 Å². The Bertz CT molecular complexity index is 982. The Hall–Kier alpha value is -2.79. The highest BCUT2D eigenvalue weighted by molar-refractivity contribution is 6.31. The fraction of sp³-hybridized carbons (Fsp3) is 0.273. The van der Waals surface area contributed by atoms with Crippen molar-refractivity contribution >= 4 is 23.2 Å². The molecule has 1 unspecified atom stereocenters. The summed E-state index contributed by atoms with van der Waals surface area (Å²) in [6.07, 6.45) is 0.947. The number of benzene rings is 2. The number of carbonyl (C=O) groups is 1. The number of anilines is 1. The van der Waals surface area contributed by atoms with E-state index in [-0.39, 0.29) is 11.9 Å². The first kappa shape index (κ1) is 18.6. The van der Waals surface area contributed by atoms with Gasteiger partial charge < -0.3 is 10.2 Å². The molecule has 1 amide bonds. The van der Waals surface area contributed by atoms with Crippen LogP contribution in [0.25, 0.3) is 5.69 Å². The van der Waals surface area contributed by atoms with Crippen molar-refractivity contribution in [1.29, 1.82) is 0 Å². The van der Waals surface area contributed by atoms with Gasteiger partial charge in [0.1, 0.15) is 0 Å². The molecule has 1 fully saturated rings. The van der Waals surface area contributed by atoms with Crippen LogP contribution in [-0.4, -0.2) is 39.7 Å². The molecule has 1 N–H and O–H groups in total. The zero-order valence-corrected chi connectivity index (χ0v) is 16.8. The maximum atomic E-state index is 12.9. The summed E-state index contributed by atoms with van der Waals surface area (Å²) < 4.78 is 1.81. The first-order chi connectivity index (χ1) is 13.5. The van der Waals surface area contributed by atoms with Crippen molar-refractivity contribution in [3.05, 3.63) is 76.6 Å². The number of hydrogen-bond donors (Lipinski definition) is 1. The Kier molecular flexibility index (Phi) is 5.09. The average molecular weight is 395 g/mol. The molecule has 1 atom stereocenters. The van der Waals surface area contributed by atoms with Crippen molar-refractivity contribution < 1.29 is 4.79 Å². The summed E-state index contributed by atoms with van der Waals surface area (Å²) in [4.78, 5) is 14.8. The molecule has 1 aliphatic heterocycles. The van der Waals surface area contributed by atoms with Gasteiger partial charge in [-0.1, -0.05) is 29.8 Å². The highest BCUT2D eigenvalue weighted by Crippen LogP contribution is 2.23. The molecule has 0 bridgehead atoms. The molecule has 1 saturated heterocycles. The number of para-hydroxylation sites is 1. The van der Waals surface area contributed by atoms with Crippen molar-refractivity contribution in [3.8, 4) is 5.69 Å². The minimum atomic E-state index is 0.0651. The molecular weight excluding hydrogens is 372 g/mol. The van der Waals surface area contributed by atoms with Crippen LogP contribution in [0.2, 0.25) is 5.02 Å². The number of halogens is 1. The molecule has 2 aromatic carbocycles. The number of likely N-dealkylation sites (tertiary alicyclic amines) is 1. The average Bonchev–Trinajstić information content (AvgIpc) is 3.28. The van der Waals surface area contributed by atoms with E-state index in [4.69, 9.17) is 11.6 Å². The van der Waals surface area contributed by atoms with E-state index in [1.165, 1.54) is 0 Å². The van der Waals surface area contributed by atoms with E-state index in [9.17, 15) is 4.79 Å². The number of hydrogen-bond acceptors (Lipinski definition) is 3. The number of carbonyl (C=O) groups excluding carboxylic acids is 1. The number of rotatable bonds is 4. The summed E-state index contributed by atoms with van der Waals surface area (Å²) in [6.45, 7) is 5.29. The van der Waals surface area contributed by atoms with Gasteiger partial charge in [-0.25, -0.2) is 4.68 Å². The lowest BCUT2D eigenvalue weighted by molar-refractivity contribution is 0.0791. The van der Waals surface area contributed by atoms with E-state index in [0.717, 1.165) is 35.7 Å². The maximum absolute atomic E-state index is 12.9. The van der Waals surface area contributed by atoms with Crippen molar-refractivity contribution in [2.75, 3.05) is 18.4 Å². The monoisotopic (exact) mass is 394 g/mol. The first-order valence-electron chi connectivity index (χ1n) is 9.46. The maximum Gasteiger partial charge on any atom is 0.253 e. The van der Waals surface area contributed by atoms with Crippen molar-refractivity contribution in [2.24, 2.45) is 0 Å². The van der Waals surface area contributed by atoms with Crippen LogP contribution < -0.4 is 5.32 Å². The predicted octanol–water partition coefficient (Wildman–Crippen LogP) is 4.47. The highest BCUT2D eigenvalue weighted by atomic mass is 35.5. The Morgan fingerprint density at radius 1 is 1.11 bits per heavy atom. The minimum absolute atomic E-state index is 0.0651. The molecule has 3 aromatic rings. The van der Waals surface area contributed by atoms with Gasteiger partial charge in [-0.3, -0.25) is 4.79 Å². The van der Waals surface area contributed by atoms with Crippen LogP contribution in [-0.2, 0) is 0 Å². The van der Waals surface area contributed by atoms with Crippen LogP contribution in [0.15, 0.2) is 54.6 Å². The predicted molar refractivity (Wildman–Crippen MR) is 112 cm³/mol. The van der Waals surface area contributed by atoms with E-state index < -0.39 is 0 Å². The number of aromatic nitrogens is 2. The van der Waals surface area contributed by atoms with Gasteiger partial charge in [-0.15, -0.1) is 0 Å². The van der Waals surface area contributed by atoms with Crippen LogP contribution in [0, 0.1) is 13.8 Å². The molecule has 4 rings (SSSR count). The van der Waals surface area contributed by atoms with E-state index in [0.29, 0.717) is 17.1 Å². The van der Waals surface area contributed by atoms with Crippen LogP contribution in [0.4, 0.5) is 5.69 Å². The lowest BCUT2D eigenvalue weighted by Gasteiger charge is -2.18. The van der Waals surface area contributed by atoms with E-state index >= 15 is 0 Å². The molecular formula is C22H23ClN4O. The molecule has 28 heavy (non-hydrogen) atoms. The molecule has 0 saturated carbocycles. The van der Waals surface area contributed by atoms with Gasteiger partial charge in [-0.2, -0.15) is 5.10 Å². The Morgan fingerprint density at radius 2 is 1.82 bits per heavy atom. The zero-order valence-electron chi connectivity index (χ0n) is 16.0. The van der Waals surface area contributed by atoms with Gasteiger partial charge >= 0.3 is 0 Å². The summed E-state index contributed by atoms with van der Waals surface area (Å²) in [5, 5.41) is 8.64. The summed E-state index contributed by atoms with van der Waals surface area (Å²) in [7, 11) is 0. The number of amides is 1. The molecule has 2 heterocycles.